The number of nitrogens with two attached hydrogens (primary N) is 1. The molecule has 0 spiro atoms. The van der Waals surface area contributed by atoms with E-state index in [-0.39, 0.29) is 0 Å². The van der Waals surface area contributed by atoms with Gasteiger partial charge in [0.25, 0.3) is 0 Å². The Hall–Kier alpha value is 0.270. The normalized spacial score (nSPS) is 15.1. The first kappa shape index (κ1) is 7.27. The predicted molar refractivity (Wildman–Crippen MR) is 37.3 cm³/mol. The number of hydrogen-bond acceptors (Lipinski definition) is 2. The minimum absolute atomic E-state index is 0.630. The lowest BCUT2D eigenvalue weighted by Crippen LogP contribution is -2.27. The number of hydrogen-bond donors (Lipinski definition) is 1. The molecule has 0 aliphatic heterocycles. The van der Waals surface area contributed by atoms with Gasteiger partial charge in [0, 0.05) is 7.05 Å². The van der Waals surface area contributed by atoms with Crippen LogP contribution in [0.4, 0.5) is 0 Å². The van der Waals surface area contributed by atoms with E-state index in [0.29, 0.717) is 0 Å². The van der Waals surface area contributed by atoms with Crippen molar-refractivity contribution in [2.45, 2.75) is 0 Å². The Balaban J connectivity index is 3.54. The SMILES string of the molecule is CN(N)S(C)(C)C. The van der Waals surface area contributed by atoms with Crippen LogP contribution in [0.25, 0.3) is 0 Å². The third kappa shape index (κ3) is 2.91. The van der Waals surface area contributed by atoms with Crippen LogP contribution in [-0.4, -0.2) is 30.2 Å². The van der Waals surface area contributed by atoms with Gasteiger partial charge >= 0.3 is 0 Å². The summed E-state index contributed by atoms with van der Waals surface area (Å²) in [5, 5.41) is 0. The molecule has 0 radical (unpaired) electrons. The van der Waals surface area contributed by atoms with E-state index in [4.69, 9.17) is 5.84 Å². The first-order valence-corrected chi connectivity index (χ1v) is 4.93. The Morgan fingerprint density at radius 3 is 1.43 bits per heavy atom. The first-order chi connectivity index (χ1) is 2.94. The van der Waals surface area contributed by atoms with Crippen molar-refractivity contribution in [1.82, 2.24) is 4.41 Å². The Labute approximate surface area is 47.1 Å². The summed E-state index contributed by atoms with van der Waals surface area (Å²) in [5.74, 6) is 5.44. The fourth-order valence-electron chi connectivity index (χ4n) is 0. The van der Waals surface area contributed by atoms with Crippen LogP contribution in [0.15, 0.2) is 0 Å². The van der Waals surface area contributed by atoms with Crippen molar-refractivity contribution in [1.29, 1.82) is 0 Å². The quantitative estimate of drug-likeness (QED) is 0.403. The summed E-state index contributed by atoms with van der Waals surface area (Å²) in [5.41, 5.74) is 0. The lowest BCUT2D eigenvalue weighted by Gasteiger charge is -2.32. The van der Waals surface area contributed by atoms with Crippen molar-refractivity contribution in [2.24, 2.45) is 5.84 Å². The smallest absolute Gasteiger partial charge is 0.0111 e. The van der Waals surface area contributed by atoms with Crippen LogP contribution in [0.2, 0.25) is 0 Å². The lowest BCUT2D eigenvalue weighted by atomic mass is 11.5. The van der Waals surface area contributed by atoms with Crippen molar-refractivity contribution >= 4 is 10.2 Å². The molecule has 3 heteroatoms. The summed E-state index contributed by atoms with van der Waals surface area (Å²) in [6.45, 7) is 0. The van der Waals surface area contributed by atoms with Crippen molar-refractivity contribution in [3.05, 3.63) is 0 Å². The molecule has 7 heavy (non-hydrogen) atoms. The fourth-order valence-corrected chi connectivity index (χ4v) is 0. The average molecular weight is 122 g/mol. The highest BCUT2D eigenvalue weighted by molar-refractivity contribution is 8.30. The highest BCUT2D eigenvalue weighted by atomic mass is 32.3. The molecule has 0 aromatic carbocycles. The topological polar surface area (TPSA) is 29.3 Å². The molecule has 0 fully saturated rings. The molecule has 2 nitrogen and oxygen atoms in total. The second kappa shape index (κ2) is 2.03. The third-order valence-electron chi connectivity index (χ3n) is 0.864. The molecule has 0 rings (SSSR count). The summed E-state index contributed by atoms with van der Waals surface area (Å²) >= 11 is 0. The third-order valence-corrected chi connectivity index (χ3v) is 2.59. The standard InChI is InChI=1S/C4H14N2S/c1-6(5)7(2,3)4/h5H2,1-4H3. The molecule has 0 aromatic heterocycles. The zero-order chi connectivity index (χ0) is 6.08. The van der Waals surface area contributed by atoms with Crippen LogP contribution in [0, 0.1) is 0 Å². The molecule has 2 N–H and O–H groups in total. The maximum atomic E-state index is 5.44. The predicted octanol–water partition coefficient (Wildman–Crippen LogP) is 0.401. The van der Waals surface area contributed by atoms with Crippen LogP contribution in [-0.2, 0) is 0 Å². The Morgan fingerprint density at radius 1 is 1.29 bits per heavy atom. The molecule has 0 aromatic rings. The van der Waals surface area contributed by atoms with Gasteiger partial charge in [-0.15, -0.1) is 0 Å². The van der Waals surface area contributed by atoms with Gasteiger partial charge in [-0.1, -0.05) is 0 Å². The van der Waals surface area contributed by atoms with Gasteiger partial charge in [0.2, 0.25) is 0 Å². The molecule has 0 heterocycles. The van der Waals surface area contributed by atoms with Gasteiger partial charge in [-0.3, -0.25) is 5.84 Å². The number of nitrogens with zero attached hydrogens (tertiary/aromatic N) is 1. The second-order valence-corrected chi connectivity index (χ2v) is 6.44. The largest absolute Gasteiger partial charge is 0.261 e. The molecular weight excluding hydrogens is 108 g/mol. The number of hydrazine groups is 1. The van der Waals surface area contributed by atoms with Crippen molar-refractivity contribution in [3.63, 3.8) is 0 Å². The van der Waals surface area contributed by atoms with E-state index in [1.807, 2.05) is 7.05 Å². The molecule has 46 valence electrons. The molecular formula is C4H14N2S. The molecule has 0 bridgehead atoms. The summed E-state index contributed by atoms with van der Waals surface area (Å²) in [6.07, 6.45) is 6.44. The summed E-state index contributed by atoms with van der Waals surface area (Å²) in [7, 11) is 1.27. The summed E-state index contributed by atoms with van der Waals surface area (Å²) in [6, 6.07) is 0. The highest BCUT2D eigenvalue weighted by Crippen LogP contribution is 2.34. The second-order valence-electron chi connectivity index (χ2n) is 2.32. The zero-order valence-electron chi connectivity index (χ0n) is 5.43. The van der Waals surface area contributed by atoms with Gasteiger partial charge in [0.05, 0.1) is 0 Å². The van der Waals surface area contributed by atoms with E-state index in [1.165, 1.54) is 0 Å². The van der Waals surface area contributed by atoms with E-state index in [9.17, 15) is 0 Å². The van der Waals surface area contributed by atoms with Gasteiger partial charge in [-0.2, -0.15) is 10.2 Å². The van der Waals surface area contributed by atoms with Crippen LogP contribution >= 0.6 is 10.2 Å². The molecule has 0 saturated heterocycles. The number of rotatable bonds is 1. The van der Waals surface area contributed by atoms with E-state index in [1.54, 1.807) is 4.41 Å². The molecule has 0 aliphatic carbocycles. The van der Waals surface area contributed by atoms with Crippen LogP contribution in [0.5, 0.6) is 0 Å². The molecule has 0 aliphatic rings. The Morgan fingerprint density at radius 2 is 1.43 bits per heavy atom. The van der Waals surface area contributed by atoms with Gasteiger partial charge in [0.1, 0.15) is 0 Å². The summed E-state index contributed by atoms with van der Waals surface area (Å²) < 4.78 is 1.77. The Kier molecular flexibility index (Phi) is 2.10. The van der Waals surface area contributed by atoms with Gasteiger partial charge < -0.3 is 0 Å². The summed E-state index contributed by atoms with van der Waals surface area (Å²) in [4.78, 5) is 0. The van der Waals surface area contributed by atoms with E-state index >= 15 is 0 Å². The first-order valence-electron chi connectivity index (χ1n) is 2.11. The van der Waals surface area contributed by atoms with Crippen molar-refractivity contribution in [2.75, 3.05) is 25.8 Å². The Bertz CT molecular complexity index is 55.2. The maximum absolute atomic E-state index is 5.44. The molecule has 0 unspecified atom stereocenters. The van der Waals surface area contributed by atoms with Crippen LogP contribution < -0.4 is 5.84 Å². The van der Waals surface area contributed by atoms with Gasteiger partial charge in [-0.25, -0.2) is 4.41 Å². The minimum atomic E-state index is -0.630. The van der Waals surface area contributed by atoms with E-state index < -0.39 is 10.2 Å². The highest BCUT2D eigenvalue weighted by Gasteiger charge is 2.04. The molecule has 0 atom stereocenters. The molecule has 0 amide bonds. The van der Waals surface area contributed by atoms with Crippen LogP contribution in [0.1, 0.15) is 0 Å². The maximum Gasteiger partial charge on any atom is 0.0111 e. The van der Waals surface area contributed by atoms with E-state index in [0.717, 1.165) is 0 Å². The fraction of sp³-hybridized carbons (Fsp3) is 1.00. The molecule has 0 saturated carbocycles. The monoisotopic (exact) mass is 122 g/mol. The minimum Gasteiger partial charge on any atom is -0.261 e. The van der Waals surface area contributed by atoms with Crippen LogP contribution in [0.3, 0.4) is 0 Å². The lowest BCUT2D eigenvalue weighted by molar-refractivity contribution is 0.597. The van der Waals surface area contributed by atoms with Crippen molar-refractivity contribution in [3.8, 4) is 0 Å². The van der Waals surface area contributed by atoms with Crippen molar-refractivity contribution < 1.29 is 0 Å². The zero-order valence-corrected chi connectivity index (χ0v) is 6.25. The van der Waals surface area contributed by atoms with Gasteiger partial charge in [0.15, 0.2) is 0 Å². The van der Waals surface area contributed by atoms with Gasteiger partial charge in [-0.05, 0) is 18.8 Å². The average Bonchev–Trinajstić information content (AvgIpc) is 1.31. The van der Waals surface area contributed by atoms with E-state index in [2.05, 4.69) is 18.8 Å².